The lowest BCUT2D eigenvalue weighted by atomic mass is 9.82. The van der Waals surface area contributed by atoms with Crippen LogP contribution >= 0.6 is 0 Å². The highest BCUT2D eigenvalue weighted by Gasteiger charge is 2.52. The Bertz CT molecular complexity index is 385. The van der Waals surface area contributed by atoms with E-state index in [0.29, 0.717) is 0 Å². The Balaban J connectivity index is 2.14. The van der Waals surface area contributed by atoms with Crippen LogP contribution in [-0.4, -0.2) is 28.1 Å². The zero-order chi connectivity index (χ0) is 12.7. The van der Waals surface area contributed by atoms with Crippen LogP contribution < -0.4 is 5.46 Å². The van der Waals surface area contributed by atoms with Gasteiger partial charge in [-0.3, -0.25) is 4.68 Å². The molecule has 0 aliphatic carbocycles. The molecule has 4 nitrogen and oxygen atoms in total. The quantitative estimate of drug-likeness (QED) is 0.748. The Morgan fingerprint density at radius 2 is 1.82 bits per heavy atom. The fraction of sp³-hybridized carbons (Fsp3) is 0.750. The molecule has 0 atom stereocenters. The van der Waals surface area contributed by atoms with Crippen molar-refractivity contribution in [2.75, 3.05) is 0 Å². The van der Waals surface area contributed by atoms with Crippen LogP contribution in [0.1, 0.15) is 41.0 Å². The van der Waals surface area contributed by atoms with Crippen LogP contribution in [0.5, 0.6) is 0 Å². The fourth-order valence-electron chi connectivity index (χ4n) is 1.83. The third-order valence-electron chi connectivity index (χ3n) is 3.63. The Morgan fingerprint density at radius 1 is 1.24 bits per heavy atom. The summed E-state index contributed by atoms with van der Waals surface area (Å²) < 4.78 is 13.9. The minimum Gasteiger partial charge on any atom is -0.399 e. The highest BCUT2D eigenvalue weighted by Crippen LogP contribution is 2.36. The first-order valence-electron chi connectivity index (χ1n) is 6.24. The van der Waals surface area contributed by atoms with Crippen LogP contribution in [0.25, 0.3) is 0 Å². The highest BCUT2D eigenvalue weighted by atomic mass is 16.7. The van der Waals surface area contributed by atoms with E-state index in [1.165, 1.54) is 0 Å². The molecule has 94 valence electrons. The van der Waals surface area contributed by atoms with E-state index < -0.39 is 0 Å². The minimum atomic E-state index is -0.300. The maximum atomic E-state index is 5.97. The maximum absolute atomic E-state index is 5.97. The zero-order valence-electron chi connectivity index (χ0n) is 11.4. The van der Waals surface area contributed by atoms with Crippen molar-refractivity contribution in [2.45, 2.75) is 58.8 Å². The second-order valence-electron chi connectivity index (χ2n) is 5.62. The van der Waals surface area contributed by atoms with Gasteiger partial charge in [0.25, 0.3) is 0 Å². The molecule has 1 aliphatic rings. The Labute approximate surface area is 103 Å². The monoisotopic (exact) mass is 236 g/mol. The molecule has 1 aromatic heterocycles. The molecular weight excluding hydrogens is 215 g/mol. The van der Waals surface area contributed by atoms with Crippen molar-refractivity contribution in [1.29, 1.82) is 0 Å². The number of hydrogen-bond donors (Lipinski definition) is 0. The van der Waals surface area contributed by atoms with Crippen LogP contribution in [0.2, 0.25) is 0 Å². The largest absolute Gasteiger partial charge is 0.498 e. The topological polar surface area (TPSA) is 36.3 Å². The standard InChI is InChI=1S/C12H21BN2O2/c1-6-7-15-9-10(8-14-15)13-16-11(2,3)12(4,5)17-13/h8-9H,6-7H2,1-5H3. The average Bonchev–Trinajstić information content (AvgIpc) is 2.71. The molecule has 0 spiro atoms. The highest BCUT2D eigenvalue weighted by molar-refractivity contribution is 6.61. The summed E-state index contributed by atoms with van der Waals surface area (Å²) in [7, 11) is -0.300. The van der Waals surface area contributed by atoms with Crippen molar-refractivity contribution in [2.24, 2.45) is 0 Å². The molecule has 17 heavy (non-hydrogen) atoms. The van der Waals surface area contributed by atoms with E-state index in [-0.39, 0.29) is 18.3 Å². The molecule has 1 fully saturated rings. The lowest BCUT2D eigenvalue weighted by Gasteiger charge is -2.32. The molecule has 0 radical (unpaired) electrons. The Morgan fingerprint density at radius 3 is 2.35 bits per heavy atom. The van der Waals surface area contributed by atoms with E-state index in [9.17, 15) is 0 Å². The van der Waals surface area contributed by atoms with Crippen LogP contribution in [-0.2, 0) is 15.9 Å². The van der Waals surface area contributed by atoms with Crippen molar-refractivity contribution in [3.05, 3.63) is 12.4 Å². The summed E-state index contributed by atoms with van der Waals surface area (Å²) in [4.78, 5) is 0. The van der Waals surface area contributed by atoms with E-state index >= 15 is 0 Å². The predicted octanol–water partition coefficient (Wildman–Crippen LogP) is 1.59. The molecule has 0 N–H and O–H groups in total. The number of rotatable bonds is 3. The SMILES string of the molecule is CCCn1cc(B2OC(C)(C)C(C)(C)O2)cn1. The van der Waals surface area contributed by atoms with E-state index in [2.05, 4.69) is 39.7 Å². The Hall–Kier alpha value is -0.805. The molecule has 0 saturated carbocycles. The van der Waals surface area contributed by atoms with E-state index in [1.54, 1.807) is 0 Å². The normalized spacial score (nSPS) is 22.1. The molecule has 1 aliphatic heterocycles. The second kappa shape index (κ2) is 4.14. The fourth-order valence-corrected chi connectivity index (χ4v) is 1.83. The van der Waals surface area contributed by atoms with Crippen molar-refractivity contribution in [3.63, 3.8) is 0 Å². The van der Waals surface area contributed by atoms with Crippen LogP contribution in [0.3, 0.4) is 0 Å². The maximum Gasteiger partial charge on any atom is 0.498 e. The Kier molecular flexibility index (Phi) is 3.08. The van der Waals surface area contributed by atoms with Crippen molar-refractivity contribution in [3.8, 4) is 0 Å². The predicted molar refractivity (Wildman–Crippen MR) is 68.2 cm³/mol. The first-order chi connectivity index (χ1) is 7.86. The summed E-state index contributed by atoms with van der Waals surface area (Å²) in [5, 5.41) is 4.30. The van der Waals surface area contributed by atoms with E-state index in [4.69, 9.17) is 9.31 Å². The summed E-state index contributed by atoms with van der Waals surface area (Å²) in [6, 6.07) is 0. The van der Waals surface area contributed by atoms with Crippen molar-refractivity contribution < 1.29 is 9.31 Å². The second-order valence-corrected chi connectivity index (χ2v) is 5.62. The van der Waals surface area contributed by atoms with Gasteiger partial charge in [0.2, 0.25) is 0 Å². The van der Waals surface area contributed by atoms with Crippen LogP contribution in [0.15, 0.2) is 12.4 Å². The summed E-state index contributed by atoms with van der Waals surface area (Å²) in [6.45, 7) is 11.3. The molecule has 0 amide bonds. The van der Waals surface area contributed by atoms with Crippen molar-refractivity contribution >= 4 is 12.6 Å². The molecular formula is C12H21BN2O2. The van der Waals surface area contributed by atoms with E-state index in [1.807, 2.05) is 17.1 Å². The van der Waals surface area contributed by atoms with Gasteiger partial charge in [-0.2, -0.15) is 5.10 Å². The molecule has 0 bridgehead atoms. The van der Waals surface area contributed by atoms with Gasteiger partial charge in [0, 0.05) is 24.4 Å². The molecule has 0 unspecified atom stereocenters. The first kappa shape index (κ1) is 12.6. The summed E-state index contributed by atoms with van der Waals surface area (Å²) in [5.74, 6) is 0. The number of aryl methyl sites for hydroxylation is 1. The molecule has 2 rings (SSSR count). The van der Waals surface area contributed by atoms with Gasteiger partial charge in [0.05, 0.1) is 11.2 Å². The molecule has 5 heteroatoms. The lowest BCUT2D eigenvalue weighted by Crippen LogP contribution is -2.41. The third kappa shape index (κ3) is 2.26. The smallest absolute Gasteiger partial charge is 0.399 e. The van der Waals surface area contributed by atoms with Gasteiger partial charge in [-0.25, -0.2) is 0 Å². The van der Waals surface area contributed by atoms with Gasteiger partial charge in [-0.05, 0) is 34.1 Å². The van der Waals surface area contributed by atoms with Gasteiger partial charge in [-0.1, -0.05) is 6.92 Å². The summed E-state index contributed by atoms with van der Waals surface area (Å²) >= 11 is 0. The van der Waals surface area contributed by atoms with Crippen molar-refractivity contribution in [1.82, 2.24) is 9.78 Å². The van der Waals surface area contributed by atoms with E-state index in [0.717, 1.165) is 18.4 Å². The molecule has 1 aromatic rings. The first-order valence-corrected chi connectivity index (χ1v) is 6.24. The average molecular weight is 236 g/mol. The van der Waals surface area contributed by atoms with Crippen LogP contribution in [0.4, 0.5) is 0 Å². The van der Waals surface area contributed by atoms with Gasteiger partial charge < -0.3 is 9.31 Å². The number of aromatic nitrogens is 2. The molecule has 2 heterocycles. The molecule has 0 aromatic carbocycles. The lowest BCUT2D eigenvalue weighted by molar-refractivity contribution is 0.00578. The zero-order valence-corrected chi connectivity index (χ0v) is 11.4. The summed E-state index contributed by atoms with van der Waals surface area (Å²) in [5.41, 5.74) is 0.423. The van der Waals surface area contributed by atoms with Gasteiger partial charge >= 0.3 is 7.12 Å². The molecule has 1 saturated heterocycles. The summed E-state index contributed by atoms with van der Waals surface area (Å²) in [6.07, 6.45) is 4.91. The van der Waals surface area contributed by atoms with Crippen LogP contribution in [0, 0.1) is 0 Å². The van der Waals surface area contributed by atoms with Gasteiger partial charge in [-0.15, -0.1) is 0 Å². The third-order valence-corrected chi connectivity index (χ3v) is 3.63. The van der Waals surface area contributed by atoms with Gasteiger partial charge in [0.15, 0.2) is 0 Å². The number of nitrogens with zero attached hydrogens (tertiary/aromatic N) is 2. The van der Waals surface area contributed by atoms with Gasteiger partial charge in [0.1, 0.15) is 0 Å². The minimum absolute atomic E-state index is 0.287. The number of hydrogen-bond acceptors (Lipinski definition) is 3.